The van der Waals surface area contributed by atoms with Crippen molar-refractivity contribution in [1.82, 2.24) is 0 Å². The standard InChI is InChI=1S/C18H18O5/c1-10-14-15(18(20)22-3)12(19)9-13(21-2)17(14)23-16(10)11-7-5-4-6-8-11/h4-10,16,19H,1-3H3/t10-,16-/m0/s1. The van der Waals surface area contributed by atoms with Crippen molar-refractivity contribution in [3.63, 3.8) is 0 Å². The van der Waals surface area contributed by atoms with Crippen LogP contribution < -0.4 is 9.47 Å². The Balaban J connectivity index is 2.16. The third kappa shape index (κ3) is 2.38. The summed E-state index contributed by atoms with van der Waals surface area (Å²) in [4.78, 5) is 12.1. The predicted molar refractivity (Wildman–Crippen MR) is 84.2 cm³/mol. The van der Waals surface area contributed by atoms with E-state index in [0.29, 0.717) is 17.1 Å². The highest BCUT2D eigenvalue weighted by Gasteiger charge is 2.39. The summed E-state index contributed by atoms with van der Waals surface area (Å²) in [5.41, 5.74) is 1.74. The highest BCUT2D eigenvalue weighted by molar-refractivity contribution is 5.96. The van der Waals surface area contributed by atoms with Crippen LogP contribution in [0.2, 0.25) is 0 Å². The first-order chi connectivity index (χ1) is 11.1. The Bertz CT molecular complexity index is 739. The number of methoxy groups -OCH3 is 2. The fraction of sp³-hybridized carbons (Fsp3) is 0.278. The fourth-order valence-corrected chi connectivity index (χ4v) is 3.05. The maximum absolute atomic E-state index is 12.1. The second-order valence-corrected chi connectivity index (χ2v) is 5.45. The Kier molecular flexibility index (Phi) is 3.86. The van der Waals surface area contributed by atoms with Gasteiger partial charge in [-0.3, -0.25) is 0 Å². The number of aromatic hydroxyl groups is 1. The van der Waals surface area contributed by atoms with E-state index in [1.807, 2.05) is 37.3 Å². The topological polar surface area (TPSA) is 65.0 Å². The summed E-state index contributed by atoms with van der Waals surface area (Å²) in [7, 11) is 2.78. The van der Waals surface area contributed by atoms with Gasteiger partial charge in [0.1, 0.15) is 17.4 Å². The van der Waals surface area contributed by atoms with Gasteiger partial charge in [0.05, 0.1) is 14.2 Å². The number of rotatable bonds is 3. The van der Waals surface area contributed by atoms with Gasteiger partial charge in [-0.15, -0.1) is 0 Å². The van der Waals surface area contributed by atoms with Gasteiger partial charge in [-0.1, -0.05) is 37.3 Å². The number of phenols is 1. The molecule has 0 aliphatic carbocycles. The molecule has 0 unspecified atom stereocenters. The van der Waals surface area contributed by atoms with Gasteiger partial charge in [-0.25, -0.2) is 4.79 Å². The molecule has 3 rings (SSSR count). The molecule has 1 heterocycles. The molecule has 0 fully saturated rings. The Morgan fingerprint density at radius 3 is 2.52 bits per heavy atom. The van der Waals surface area contributed by atoms with Crippen molar-refractivity contribution in [2.24, 2.45) is 0 Å². The summed E-state index contributed by atoms with van der Waals surface area (Å²) in [5.74, 6) is -0.0211. The van der Waals surface area contributed by atoms with E-state index in [-0.39, 0.29) is 23.3 Å². The zero-order chi connectivity index (χ0) is 16.6. The van der Waals surface area contributed by atoms with Crippen LogP contribution in [-0.4, -0.2) is 25.3 Å². The fourth-order valence-electron chi connectivity index (χ4n) is 3.05. The van der Waals surface area contributed by atoms with Crippen molar-refractivity contribution in [3.8, 4) is 17.2 Å². The van der Waals surface area contributed by atoms with Crippen LogP contribution in [-0.2, 0) is 4.74 Å². The molecule has 23 heavy (non-hydrogen) atoms. The van der Waals surface area contributed by atoms with Crippen molar-refractivity contribution >= 4 is 5.97 Å². The van der Waals surface area contributed by atoms with Crippen molar-refractivity contribution in [2.45, 2.75) is 18.9 Å². The maximum atomic E-state index is 12.1. The van der Waals surface area contributed by atoms with E-state index >= 15 is 0 Å². The number of hydrogen-bond donors (Lipinski definition) is 1. The number of esters is 1. The maximum Gasteiger partial charge on any atom is 0.342 e. The Morgan fingerprint density at radius 1 is 1.22 bits per heavy atom. The lowest BCUT2D eigenvalue weighted by atomic mass is 9.89. The molecule has 0 spiro atoms. The Morgan fingerprint density at radius 2 is 1.91 bits per heavy atom. The molecule has 0 aromatic heterocycles. The second kappa shape index (κ2) is 5.83. The van der Waals surface area contributed by atoms with Crippen molar-refractivity contribution < 1.29 is 24.1 Å². The van der Waals surface area contributed by atoms with E-state index in [0.717, 1.165) is 5.56 Å². The monoisotopic (exact) mass is 314 g/mol. The van der Waals surface area contributed by atoms with E-state index in [9.17, 15) is 9.90 Å². The van der Waals surface area contributed by atoms with E-state index in [2.05, 4.69) is 0 Å². The first-order valence-electron chi connectivity index (χ1n) is 7.32. The number of hydrogen-bond acceptors (Lipinski definition) is 5. The molecule has 120 valence electrons. The molecule has 1 aliphatic rings. The quantitative estimate of drug-likeness (QED) is 0.879. The highest BCUT2D eigenvalue weighted by atomic mass is 16.5. The van der Waals surface area contributed by atoms with E-state index in [1.54, 1.807) is 0 Å². The van der Waals surface area contributed by atoms with Crippen LogP contribution in [0.4, 0.5) is 0 Å². The van der Waals surface area contributed by atoms with Crippen LogP contribution in [0.15, 0.2) is 36.4 Å². The van der Waals surface area contributed by atoms with Crippen LogP contribution in [0, 0.1) is 0 Å². The Labute approximate surface area is 134 Å². The average Bonchev–Trinajstić information content (AvgIpc) is 2.92. The number of fused-ring (bicyclic) bond motifs is 1. The zero-order valence-electron chi connectivity index (χ0n) is 13.2. The molecule has 5 nitrogen and oxygen atoms in total. The molecule has 0 saturated heterocycles. The van der Waals surface area contributed by atoms with Crippen LogP contribution in [0.5, 0.6) is 17.2 Å². The second-order valence-electron chi connectivity index (χ2n) is 5.45. The summed E-state index contributed by atoms with van der Waals surface area (Å²) in [6, 6.07) is 11.1. The van der Waals surface area contributed by atoms with Gasteiger partial charge in [-0.05, 0) is 5.56 Å². The lowest BCUT2D eigenvalue weighted by molar-refractivity contribution is 0.0595. The first kappa shape index (κ1) is 15.2. The van der Waals surface area contributed by atoms with Crippen molar-refractivity contribution in [1.29, 1.82) is 0 Å². The van der Waals surface area contributed by atoms with Gasteiger partial charge in [0.25, 0.3) is 0 Å². The minimum atomic E-state index is -0.592. The number of phenolic OH excluding ortho intramolecular Hbond substituents is 1. The van der Waals surface area contributed by atoms with Gasteiger partial charge in [0.15, 0.2) is 11.5 Å². The molecule has 1 N–H and O–H groups in total. The SMILES string of the molecule is COC(=O)c1c(O)cc(OC)c2c1[C@H](C)[C@@H](c1ccccc1)O2. The number of ether oxygens (including phenoxy) is 3. The molecular formula is C18H18O5. The number of carbonyl (C=O) groups excluding carboxylic acids is 1. The van der Waals surface area contributed by atoms with Crippen molar-refractivity contribution in [3.05, 3.63) is 53.1 Å². The van der Waals surface area contributed by atoms with Crippen LogP contribution in [0.3, 0.4) is 0 Å². The largest absolute Gasteiger partial charge is 0.507 e. The van der Waals surface area contributed by atoms with Gasteiger partial charge < -0.3 is 19.3 Å². The minimum absolute atomic E-state index is 0.134. The minimum Gasteiger partial charge on any atom is -0.507 e. The van der Waals surface area contributed by atoms with Crippen molar-refractivity contribution in [2.75, 3.05) is 14.2 Å². The lowest BCUT2D eigenvalue weighted by Gasteiger charge is -2.16. The Hall–Kier alpha value is -2.69. The smallest absolute Gasteiger partial charge is 0.342 e. The molecule has 0 bridgehead atoms. The molecule has 2 aromatic rings. The van der Waals surface area contributed by atoms with Crippen LogP contribution >= 0.6 is 0 Å². The first-order valence-corrected chi connectivity index (χ1v) is 7.32. The molecule has 0 amide bonds. The van der Waals surface area contributed by atoms with Crippen LogP contribution in [0.25, 0.3) is 0 Å². The van der Waals surface area contributed by atoms with Gasteiger partial charge >= 0.3 is 5.97 Å². The molecule has 5 heteroatoms. The number of carbonyl (C=O) groups is 1. The molecular weight excluding hydrogens is 296 g/mol. The van der Waals surface area contributed by atoms with Gasteiger partial charge in [0.2, 0.25) is 0 Å². The van der Waals surface area contributed by atoms with E-state index < -0.39 is 5.97 Å². The summed E-state index contributed by atoms with van der Waals surface area (Å²) in [5, 5.41) is 10.2. The molecule has 2 atom stereocenters. The zero-order valence-corrected chi connectivity index (χ0v) is 13.2. The molecule has 0 radical (unpaired) electrons. The lowest BCUT2D eigenvalue weighted by Crippen LogP contribution is -2.10. The van der Waals surface area contributed by atoms with E-state index in [1.165, 1.54) is 20.3 Å². The average molecular weight is 314 g/mol. The highest BCUT2D eigenvalue weighted by Crippen LogP contribution is 2.53. The third-order valence-electron chi connectivity index (χ3n) is 4.15. The summed E-state index contributed by atoms with van der Waals surface area (Å²) in [6.07, 6.45) is -0.259. The van der Waals surface area contributed by atoms with Gasteiger partial charge in [0, 0.05) is 17.5 Å². The van der Waals surface area contributed by atoms with E-state index in [4.69, 9.17) is 14.2 Å². The summed E-state index contributed by atoms with van der Waals surface area (Å²) >= 11 is 0. The molecule has 0 saturated carbocycles. The van der Waals surface area contributed by atoms with Crippen LogP contribution in [0.1, 0.15) is 40.4 Å². The summed E-state index contributed by atoms with van der Waals surface area (Å²) < 4.78 is 16.2. The predicted octanol–water partition coefficient (Wildman–Crippen LogP) is 3.42. The van der Waals surface area contributed by atoms with Gasteiger partial charge in [-0.2, -0.15) is 0 Å². The normalized spacial score (nSPS) is 18.9. The molecule has 1 aliphatic heterocycles. The molecule has 2 aromatic carbocycles. The summed E-state index contributed by atoms with van der Waals surface area (Å²) in [6.45, 7) is 1.95. The third-order valence-corrected chi connectivity index (χ3v) is 4.15. The number of benzene rings is 2.